The molecule has 0 aliphatic heterocycles. The van der Waals surface area contributed by atoms with E-state index in [0.717, 1.165) is 27.3 Å². The molecule has 0 unspecified atom stereocenters. The number of halogens is 1. The van der Waals surface area contributed by atoms with Gasteiger partial charge in [0.25, 0.3) is 0 Å². The van der Waals surface area contributed by atoms with Gasteiger partial charge in [-0.1, -0.05) is 0 Å². The number of nitrogens with one attached hydrogen (secondary N) is 2. The lowest BCUT2D eigenvalue weighted by Crippen LogP contribution is -2.03. The second kappa shape index (κ2) is 5.88. The van der Waals surface area contributed by atoms with Crippen molar-refractivity contribution in [2.45, 2.75) is 6.92 Å². The van der Waals surface area contributed by atoms with Crippen molar-refractivity contribution in [2.75, 3.05) is 24.8 Å². The third-order valence-corrected chi connectivity index (χ3v) is 3.31. The molecule has 1 heterocycles. The molecule has 0 fully saturated rings. The van der Waals surface area contributed by atoms with E-state index in [1.165, 1.54) is 0 Å². The standard InChI is InChI=1S/C13H15BrN4O/c1-8-7-16-13(15-2)18-12(8)17-11-6-9(19-3)4-5-10(11)14/h4-7H,1-3H3,(H2,15,16,17,18). The highest BCUT2D eigenvalue weighted by atomic mass is 79.9. The van der Waals surface area contributed by atoms with Crippen LogP contribution in [0.5, 0.6) is 5.75 Å². The van der Waals surface area contributed by atoms with Gasteiger partial charge in [-0.2, -0.15) is 4.98 Å². The number of aryl methyl sites for hydroxylation is 1. The highest BCUT2D eigenvalue weighted by Crippen LogP contribution is 2.30. The number of ether oxygens (including phenoxy) is 1. The number of hydrogen-bond donors (Lipinski definition) is 2. The topological polar surface area (TPSA) is 59.1 Å². The first-order valence-electron chi connectivity index (χ1n) is 5.76. The molecule has 0 saturated carbocycles. The molecule has 1 aromatic carbocycles. The summed E-state index contributed by atoms with van der Waals surface area (Å²) in [7, 11) is 3.43. The van der Waals surface area contributed by atoms with Crippen molar-refractivity contribution in [2.24, 2.45) is 0 Å². The van der Waals surface area contributed by atoms with Gasteiger partial charge >= 0.3 is 0 Å². The van der Waals surface area contributed by atoms with Gasteiger partial charge < -0.3 is 15.4 Å². The summed E-state index contributed by atoms with van der Waals surface area (Å²) >= 11 is 3.50. The van der Waals surface area contributed by atoms with Crippen LogP contribution >= 0.6 is 15.9 Å². The van der Waals surface area contributed by atoms with Gasteiger partial charge in [0.2, 0.25) is 5.95 Å². The smallest absolute Gasteiger partial charge is 0.224 e. The van der Waals surface area contributed by atoms with Crippen molar-refractivity contribution in [1.82, 2.24) is 9.97 Å². The lowest BCUT2D eigenvalue weighted by Gasteiger charge is -2.12. The van der Waals surface area contributed by atoms with Crippen LogP contribution in [0.3, 0.4) is 0 Å². The SMILES string of the molecule is CNc1ncc(C)c(Nc2cc(OC)ccc2Br)n1. The number of hydrogen-bond acceptors (Lipinski definition) is 5. The molecule has 0 amide bonds. The number of anilines is 3. The molecule has 0 spiro atoms. The van der Waals surface area contributed by atoms with Crippen molar-refractivity contribution in [1.29, 1.82) is 0 Å². The Hall–Kier alpha value is -1.82. The summed E-state index contributed by atoms with van der Waals surface area (Å²) in [5.41, 5.74) is 1.86. The Morgan fingerprint density at radius 1 is 1.32 bits per heavy atom. The Balaban J connectivity index is 2.35. The third kappa shape index (κ3) is 3.14. The van der Waals surface area contributed by atoms with Crippen LogP contribution in [0.1, 0.15) is 5.56 Å². The molecule has 0 atom stereocenters. The van der Waals surface area contributed by atoms with Crippen molar-refractivity contribution in [3.63, 3.8) is 0 Å². The first-order valence-corrected chi connectivity index (χ1v) is 6.55. The first-order chi connectivity index (χ1) is 9.13. The van der Waals surface area contributed by atoms with Crippen LogP contribution in [0.15, 0.2) is 28.9 Å². The summed E-state index contributed by atoms with van der Waals surface area (Å²) in [6, 6.07) is 5.72. The van der Waals surface area contributed by atoms with E-state index in [1.807, 2.05) is 25.1 Å². The molecule has 19 heavy (non-hydrogen) atoms. The fourth-order valence-corrected chi connectivity index (χ4v) is 1.89. The Bertz CT molecular complexity index is 537. The van der Waals surface area contributed by atoms with E-state index in [2.05, 4.69) is 36.5 Å². The lowest BCUT2D eigenvalue weighted by molar-refractivity contribution is 0.415. The van der Waals surface area contributed by atoms with Crippen molar-refractivity contribution in [3.8, 4) is 5.75 Å². The van der Waals surface area contributed by atoms with Crippen LogP contribution in [0.2, 0.25) is 0 Å². The first kappa shape index (κ1) is 13.6. The molecule has 100 valence electrons. The minimum absolute atomic E-state index is 0.576. The molecule has 2 N–H and O–H groups in total. The highest BCUT2D eigenvalue weighted by molar-refractivity contribution is 9.10. The summed E-state index contributed by atoms with van der Waals surface area (Å²) in [6.45, 7) is 1.95. The van der Waals surface area contributed by atoms with Crippen molar-refractivity contribution in [3.05, 3.63) is 34.4 Å². The number of nitrogens with zero attached hydrogens (tertiary/aromatic N) is 2. The molecular formula is C13H15BrN4O. The number of methoxy groups -OCH3 is 1. The minimum Gasteiger partial charge on any atom is -0.497 e. The lowest BCUT2D eigenvalue weighted by atomic mass is 10.3. The predicted molar refractivity (Wildman–Crippen MR) is 80.3 cm³/mol. The van der Waals surface area contributed by atoms with Gasteiger partial charge in [-0.15, -0.1) is 0 Å². The van der Waals surface area contributed by atoms with E-state index >= 15 is 0 Å². The van der Waals surface area contributed by atoms with Crippen LogP contribution in [0, 0.1) is 6.92 Å². The fourth-order valence-electron chi connectivity index (χ4n) is 1.54. The Morgan fingerprint density at radius 3 is 2.79 bits per heavy atom. The zero-order chi connectivity index (χ0) is 13.8. The molecular weight excluding hydrogens is 308 g/mol. The third-order valence-electron chi connectivity index (χ3n) is 2.62. The quantitative estimate of drug-likeness (QED) is 0.904. The second-order valence-electron chi connectivity index (χ2n) is 3.95. The summed E-state index contributed by atoms with van der Waals surface area (Å²) in [5.74, 6) is 2.12. The molecule has 5 nitrogen and oxygen atoms in total. The maximum Gasteiger partial charge on any atom is 0.224 e. The van der Waals surface area contributed by atoms with E-state index in [1.54, 1.807) is 20.4 Å². The number of rotatable bonds is 4. The van der Waals surface area contributed by atoms with Gasteiger partial charge in [0.1, 0.15) is 11.6 Å². The molecule has 0 radical (unpaired) electrons. The van der Waals surface area contributed by atoms with E-state index in [4.69, 9.17) is 4.74 Å². The predicted octanol–water partition coefficient (Wildman–Crippen LogP) is 3.34. The number of aromatic nitrogens is 2. The molecule has 2 rings (SSSR count). The molecule has 1 aromatic heterocycles. The fraction of sp³-hybridized carbons (Fsp3) is 0.231. The van der Waals surface area contributed by atoms with Crippen LogP contribution in [0.25, 0.3) is 0 Å². The van der Waals surface area contributed by atoms with Gasteiger partial charge in [0.15, 0.2) is 0 Å². The second-order valence-corrected chi connectivity index (χ2v) is 4.80. The molecule has 0 saturated heterocycles. The van der Waals surface area contributed by atoms with Gasteiger partial charge in [0.05, 0.1) is 12.8 Å². The Labute approximate surface area is 120 Å². The molecule has 6 heteroatoms. The minimum atomic E-state index is 0.576. The molecule has 2 aromatic rings. The molecule has 0 aliphatic rings. The zero-order valence-electron chi connectivity index (χ0n) is 11.0. The Kier molecular flexibility index (Phi) is 4.21. The molecule has 0 aliphatic carbocycles. The summed E-state index contributed by atoms with van der Waals surface area (Å²) < 4.78 is 6.16. The van der Waals surface area contributed by atoms with Crippen molar-refractivity contribution >= 4 is 33.4 Å². The van der Waals surface area contributed by atoms with Crippen LogP contribution < -0.4 is 15.4 Å². The van der Waals surface area contributed by atoms with E-state index < -0.39 is 0 Å². The van der Waals surface area contributed by atoms with Crippen molar-refractivity contribution < 1.29 is 4.74 Å². The maximum atomic E-state index is 5.22. The van der Waals surface area contributed by atoms with Crippen LogP contribution in [-0.2, 0) is 0 Å². The van der Waals surface area contributed by atoms with E-state index in [-0.39, 0.29) is 0 Å². The summed E-state index contributed by atoms with van der Waals surface area (Å²) in [5, 5.41) is 6.19. The normalized spacial score (nSPS) is 10.1. The Morgan fingerprint density at radius 2 is 2.11 bits per heavy atom. The largest absolute Gasteiger partial charge is 0.497 e. The van der Waals surface area contributed by atoms with Gasteiger partial charge in [-0.25, -0.2) is 4.98 Å². The average Bonchev–Trinajstić information content (AvgIpc) is 2.43. The van der Waals surface area contributed by atoms with Gasteiger partial charge in [-0.05, 0) is 35.0 Å². The maximum absolute atomic E-state index is 5.22. The highest BCUT2D eigenvalue weighted by Gasteiger charge is 2.07. The van der Waals surface area contributed by atoms with E-state index in [9.17, 15) is 0 Å². The molecule has 0 bridgehead atoms. The van der Waals surface area contributed by atoms with Crippen LogP contribution in [0.4, 0.5) is 17.5 Å². The summed E-state index contributed by atoms with van der Waals surface area (Å²) in [6.07, 6.45) is 1.77. The monoisotopic (exact) mass is 322 g/mol. The van der Waals surface area contributed by atoms with Gasteiger partial charge in [-0.3, -0.25) is 0 Å². The van der Waals surface area contributed by atoms with Crippen LogP contribution in [-0.4, -0.2) is 24.1 Å². The summed E-state index contributed by atoms with van der Waals surface area (Å²) in [4.78, 5) is 8.54. The van der Waals surface area contributed by atoms with Gasteiger partial charge in [0, 0.05) is 29.3 Å². The zero-order valence-corrected chi connectivity index (χ0v) is 12.6. The average molecular weight is 323 g/mol. The van der Waals surface area contributed by atoms with E-state index in [0.29, 0.717) is 5.95 Å². The number of benzene rings is 1.